The molecule has 19 heavy (non-hydrogen) atoms. The van der Waals surface area contributed by atoms with Gasteiger partial charge in [-0.2, -0.15) is 0 Å². The zero-order chi connectivity index (χ0) is 13.5. The Morgan fingerprint density at radius 1 is 0.947 bits per heavy atom. The molecule has 0 aliphatic rings. The van der Waals surface area contributed by atoms with Gasteiger partial charge in [0, 0.05) is 5.56 Å². The van der Waals surface area contributed by atoms with Crippen LogP contribution in [0, 0.1) is 0 Å². The molecule has 0 fully saturated rings. The lowest BCUT2D eigenvalue weighted by atomic mass is 10.0. The fraction of sp³-hybridized carbons (Fsp3) is 0.294. The molecule has 0 aliphatic heterocycles. The van der Waals surface area contributed by atoms with Crippen molar-refractivity contribution in [1.29, 1.82) is 0 Å². The van der Waals surface area contributed by atoms with Gasteiger partial charge >= 0.3 is 0 Å². The highest BCUT2D eigenvalue weighted by Crippen LogP contribution is 2.37. The summed E-state index contributed by atoms with van der Waals surface area (Å²) < 4.78 is 11.3. The van der Waals surface area contributed by atoms with E-state index in [9.17, 15) is 0 Å². The molecule has 0 radical (unpaired) electrons. The van der Waals surface area contributed by atoms with Crippen molar-refractivity contribution in [2.75, 3.05) is 13.7 Å². The van der Waals surface area contributed by atoms with Crippen molar-refractivity contribution in [3.63, 3.8) is 0 Å². The summed E-state index contributed by atoms with van der Waals surface area (Å²) in [5, 5.41) is 0. The normalized spacial score (nSPS) is 10.2. The molecule has 2 rings (SSSR count). The monoisotopic (exact) mass is 256 g/mol. The molecule has 0 atom stereocenters. The van der Waals surface area contributed by atoms with Crippen molar-refractivity contribution >= 4 is 0 Å². The highest BCUT2D eigenvalue weighted by Gasteiger charge is 2.11. The lowest BCUT2D eigenvalue weighted by molar-refractivity contribution is 0.289. The van der Waals surface area contributed by atoms with Gasteiger partial charge in [-0.1, -0.05) is 55.8 Å². The van der Waals surface area contributed by atoms with Crippen LogP contribution in [-0.2, 0) is 0 Å². The molecule has 0 N–H and O–H groups in total. The molecule has 2 aromatic carbocycles. The Morgan fingerprint density at radius 3 is 2.42 bits per heavy atom. The van der Waals surface area contributed by atoms with Crippen LogP contribution < -0.4 is 9.47 Å². The van der Waals surface area contributed by atoms with Gasteiger partial charge in [-0.15, -0.1) is 0 Å². The first-order chi connectivity index (χ1) is 9.36. The maximum atomic E-state index is 5.93. The zero-order valence-corrected chi connectivity index (χ0v) is 11.6. The molecule has 2 nitrogen and oxygen atoms in total. The maximum absolute atomic E-state index is 5.93. The number of hydrogen-bond donors (Lipinski definition) is 0. The van der Waals surface area contributed by atoms with Crippen molar-refractivity contribution in [3.05, 3.63) is 48.5 Å². The molecular weight excluding hydrogens is 236 g/mol. The topological polar surface area (TPSA) is 18.5 Å². The minimum absolute atomic E-state index is 0.719. The molecule has 100 valence electrons. The summed E-state index contributed by atoms with van der Waals surface area (Å²) in [4.78, 5) is 0. The Hall–Kier alpha value is -1.96. The molecular formula is C17H20O2. The number of benzene rings is 2. The molecule has 2 aromatic rings. The molecule has 0 amide bonds. The SMILES string of the molecule is CCCCOc1c(OC)cccc1-c1ccccc1. The van der Waals surface area contributed by atoms with Gasteiger partial charge in [-0.3, -0.25) is 0 Å². The maximum Gasteiger partial charge on any atom is 0.168 e. The van der Waals surface area contributed by atoms with Crippen LogP contribution in [0.1, 0.15) is 19.8 Å². The van der Waals surface area contributed by atoms with E-state index in [1.54, 1.807) is 7.11 Å². The Morgan fingerprint density at radius 2 is 1.74 bits per heavy atom. The van der Waals surface area contributed by atoms with Crippen molar-refractivity contribution in [2.24, 2.45) is 0 Å². The second-order valence-corrected chi connectivity index (χ2v) is 4.40. The molecule has 0 saturated heterocycles. The first-order valence-corrected chi connectivity index (χ1v) is 6.72. The van der Waals surface area contributed by atoms with Crippen molar-refractivity contribution < 1.29 is 9.47 Å². The first-order valence-electron chi connectivity index (χ1n) is 6.72. The first kappa shape index (κ1) is 13.5. The Labute approximate surface area is 115 Å². The van der Waals surface area contributed by atoms with E-state index in [4.69, 9.17) is 9.47 Å². The van der Waals surface area contributed by atoms with E-state index in [1.165, 1.54) is 0 Å². The third-order valence-corrected chi connectivity index (χ3v) is 3.03. The average molecular weight is 256 g/mol. The van der Waals surface area contributed by atoms with Crippen LogP contribution in [-0.4, -0.2) is 13.7 Å². The van der Waals surface area contributed by atoms with Gasteiger partial charge < -0.3 is 9.47 Å². The van der Waals surface area contributed by atoms with Crippen LogP contribution in [0.25, 0.3) is 11.1 Å². The van der Waals surface area contributed by atoms with Crippen LogP contribution in [0.3, 0.4) is 0 Å². The van der Waals surface area contributed by atoms with Crippen LogP contribution in [0.15, 0.2) is 48.5 Å². The summed E-state index contributed by atoms with van der Waals surface area (Å²) in [7, 11) is 1.68. The van der Waals surface area contributed by atoms with E-state index in [2.05, 4.69) is 25.1 Å². The predicted octanol–water partition coefficient (Wildman–Crippen LogP) is 4.54. The Kier molecular flexibility index (Phi) is 4.85. The highest BCUT2D eigenvalue weighted by molar-refractivity contribution is 5.73. The van der Waals surface area contributed by atoms with Gasteiger partial charge in [0.2, 0.25) is 0 Å². The standard InChI is InChI=1S/C17H20O2/c1-3-4-13-19-17-15(11-8-12-16(17)18-2)14-9-6-5-7-10-14/h5-12H,3-4,13H2,1-2H3. The number of methoxy groups -OCH3 is 1. The van der Waals surface area contributed by atoms with E-state index in [-0.39, 0.29) is 0 Å². The minimum atomic E-state index is 0.719. The molecule has 0 aliphatic carbocycles. The van der Waals surface area contributed by atoms with Gasteiger partial charge in [0.05, 0.1) is 13.7 Å². The molecule has 0 heterocycles. The van der Waals surface area contributed by atoms with Crippen LogP contribution in [0.4, 0.5) is 0 Å². The summed E-state index contributed by atoms with van der Waals surface area (Å²) in [6, 6.07) is 16.3. The third-order valence-electron chi connectivity index (χ3n) is 3.03. The lowest BCUT2D eigenvalue weighted by Crippen LogP contribution is -2.00. The second kappa shape index (κ2) is 6.83. The number of rotatable bonds is 6. The molecule has 0 aromatic heterocycles. The van der Waals surface area contributed by atoms with Crippen molar-refractivity contribution in [2.45, 2.75) is 19.8 Å². The van der Waals surface area contributed by atoms with Gasteiger partial charge in [0.1, 0.15) is 0 Å². The average Bonchev–Trinajstić information content (AvgIpc) is 2.48. The summed E-state index contributed by atoms with van der Waals surface area (Å²) in [5.74, 6) is 1.63. The van der Waals surface area contributed by atoms with Gasteiger partial charge in [-0.05, 0) is 18.1 Å². The molecule has 0 saturated carbocycles. The number of ether oxygens (including phenoxy) is 2. The molecule has 2 heteroatoms. The predicted molar refractivity (Wildman–Crippen MR) is 78.8 cm³/mol. The summed E-state index contributed by atoms with van der Waals surface area (Å²) in [5.41, 5.74) is 2.23. The van der Waals surface area contributed by atoms with Crippen molar-refractivity contribution in [1.82, 2.24) is 0 Å². The minimum Gasteiger partial charge on any atom is -0.493 e. The Balaban J connectivity index is 2.36. The van der Waals surface area contributed by atoms with E-state index in [1.807, 2.05) is 30.3 Å². The largest absolute Gasteiger partial charge is 0.493 e. The summed E-state index contributed by atoms with van der Waals surface area (Å²) in [6.07, 6.45) is 2.17. The fourth-order valence-corrected chi connectivity index (χ4v) is 1.99. The van der Waals surface area contributed by atoms with Gasteiger partial charge in [0.15, 0.2) is 11.5 Å². The number of para-hydroxylation sites is 1. The van der Waals surface area contributed by atoms with E-state index in [0.717, 1.165) is 42.1 Å². The quantitative estimate of drug-likeness (QED) is 0.706. The van der Waals surface area contributed by atoms with E-state index >= 15 is 0 Å². The van der Waals surface area contributed by atoms with E-state index in [0.29, 0.717) is 0 Å². The van der Waals surface area contributed by atoms with Crippen molar-refractivity contribution in [3.8, 4) is 22.6 Å². The summed E-state index contributed by atoms with van der Waals surface area (Å²) >= 11 is 0. The van der Waals surface area contributed by atoms with Gasteiger partial charge in [-0.25, -0.2) is 0 Å². The number of unbranched alkanes of at least 4 members (excludes halogenated alkanes) is 1. The summed E-state index contributed by atoms with van der Waals surface area (Å²) in [6.45, 7) is 2.88. The molecule has 0 bridgehead atoms. The fourth-order valence-electron chi connectivity index (χ4n) is 1.99. The van der Waals surface area contributed by atoms with Crippen LogP contribution in [0.5, 0.6) is 11.5 Å². The Bertz CT molecular complexity index is 506. The number of hydrogen-bond acceptors (Lipinski definition) is 2. The smallest absolute Gasteiger partial charge is 0.168 e. The zero-order valence-electron chi connectivity index (χ0n) is 11.6. The van der Waals surface area contributed by atoms with Crippen LogP contribution in [0.2, 0.25) is 0 Å². The highest BCUT2D eigenvalue weighted by atomic mass is 16.5. The lowest BCUT2D eigenvalue weighted by Gasteiger charge is -2.15. The molecule has 0 unspecified atom stereocenters. The van der Waals surface area contributed by atoms with Crippen LogP contribution >= 0.6 is 0 Å². The second-order valence-electron chi connectivity index (χ2n) is 4.40. The molecule has 0 spiro atoms. The van der Waals surface area contributed by atoms with E-state index < -0.39 is 0 Å². The van der Waals surface area contributed by atoms with Gasteiger partial charge in [0.25, 0.3) is 0 Å². The third kappa shape index (κ3) is 3.28.